The van der Waals surface area contributed by atoms with Gasteiger partial charge in [-0.05, 0) is 31.3 Å². The molecule has 0 amide bonds. The first-order chi connectivity index (χ1) is 16.8. The number of ether oxygens (including phenoxy) is 5. The first-order valence-corrected chi connectivity index (χ1v) is 12.5. The predicted molar refractivity (Wildman–Crippen MR) is 123 cm³/mol. The van der Waals surface area contributed by atoms with Gasteiger partial charge in [-0.2, -0.15) is 0 Å². The van der Waals surface area contributed by atoms with Crippen LogP contribution in [-0.4, -0.2) is 72.2 Å². The third-order valence-corrected chi connectivity index (χ3v) is 9.05. The van der Waals surface area contributed by atoms with E-state index >= 15 is 0 Å². The summed E-state index contributed by atoms with van der Waals surface area (Å²) in [5.41, 5.74) is -3.55. The van der Waals surface area contributed by atoms with Crippen LogP contribution in [0.2, 0.25) is 0 Å². The van der Waals surface area contributed by atoms with Gasteiger partial charge in [-0.1, -0.05) is 13.3 Å². The van der Waals surface area contributed by atoms with Gasteiger partial charge in [-0.25, -0.2) is 4.79 Å². The molecule has 7 atom stereocenters. The Kier molecular flexibility index (Phi) is 6.75. The SMILES string of the molecule is CC(=O)OCC12C(OC(C)=O)CC(C)(O)C(C)(C(CC3=CC(=O)OC3)OC(C)=O)C1CCCC21CO1. The largest absolute Gasteiger partial charge is 0.465 e. The Morgan fingerprint density at radius 1 is 1.17 bits per heavy atom. The van der Waals surface area contributed by atoms with Crippen LogP contribution in [0.1, 0.15) is 66.7 Å². The van der Waals surface area contributed by atoms with E-state index in [1.807, 2.05) is 6.92 Å². The topological polar surface area (TPSA) is 138 Å². The molecule has 2 saturated carbocycles. The van der Waals surface area contributed by atoms with Crippen LogP contribution in [-0.2, 0) is 42.9 Å². The molecule has 0 aromatic rings. The minimum absolute atomic E-state index is 0.0260. The van der Waals surface area contributed by atoms with Crippen molar-refractivity contribution in [2.75, 3.05) is 19.8 Å². The second kappa shape index (κ2) is 9.13. The molecule has 4 rings (SSSR count). The normalized spacial score (nSPS) is 39.9. The molecule has 1 N–H and O–H groups in total. The van der Waals surface area contributed by atoms with Gasteiger partial charge in [0.15, 0.2) is 0 Å². The Morgan fingerprint density at radius 2 is 1.86 bits per heavy atom. The van der Waals surface area contributed by atoms with E-state index in [-0.39, 0.29) is 26.1 Å². The molecule has 1 saturated heterocycles. The summed E-state index contributed by atoms with van der Waals surface area (Å²) in [6.45, 7) is 7.90. The van der Waals surface area contributed by atoms with Crippen LogP contribution >= 0.6 is 0 Å². The van der Waals surface area contributed by atoms with Crippen molar-refractivity contribution in [2.24, 2.45) is 16.7 Å². The number of esters is 4. The second-order valence-electron chi connectivity index (χ2n) is 11.1. The summed E-state index contributed by atoms with van der Waals surface area (Å²) in [7, 11) is 0. The predicted octanol–water partition coefficient (Wildman–Crippen LogP) is 2.00. The summed E-state index contributed by atoms with van der Waals surface area (Å²) in [6, 6.07) is 0. The zero-order valence-electron chi connectivity index (χ0n) is 21.6. The van der Waals surface area contributed by atoms with Crippen LogP contribution in [0.4, 0.5) is 0 Å². The highest BCUT2D eigenvalue weighted by Crippen LogP contribution is 2.70. The van der Waals surface area contributed by atoms with E-state index in [4.69, 9.17) is 23.7 Å². The zero-order valence-corrected chi connectivity index (χ0v) is 21.6. The highest BCUT2D eigenvalue weighted by atomic mass is 16.6. The molecule has 36 heavy (non-hydrogen) atoms. The van der Waals surface area contributed by atoms with Crippen molar-refractivity contribution in [2.45, 2.75) is 90.1 Å². The maximum atomic E-state index is 12.3. The Hall–Kier alpha value is -2.46. The molecule has 1 spiro atoms. The zero-order chi connectivity index (χ0) is 26.5. The van der Waals surface area contributed by atoms with Gasteiger partial charge in [0, 0.05) is 45.1 Å². The molecule has 10 nitrogen and oxygen atoms in total. The molecule has 0 bridgehead atoms. The van der Waals surface area contributed by atoms with Gasteiger partial charge in [0.25, 0.3) is 0 Å². The van der Waals surface area contributed by atoms with Crippen molar-refractivity contribution in [3.05, 3.63) is 11.6 Å². The third kappa shape index (κ3) is 4.22. The van der Waals surface area contributed by atoms with Crippen molar-refractivity contribution in [3.8, 4) is 0 Å². The molecule has 2 aliphatic heterocycles. The Morgan fingerprint density at radius 3 is 2.39 bits per heavy atom. The molecule has 2 aliphatic carbocycles. The van der Waals surface area contributed by atoms with Crippen LogP contribution in [0.5, 0.6) is 0 Å². The maximum absolute atomic E-state index is 12.3. The minimum atomic E-state index is -1.46. The van der Waals surface area contributed by atoms with Gasteiger partial charge in [0.05, 0.1) is 17.6 Å². The van der Waals surface area contributed by atoms with E-state index in [0.29, 0.717) is 25.0 Å². The van der Waals surface area contributed by atoms with Crippen LogP contribution < -0.4 is 0 Å². The molecule has 4 aliphatic rings. The van der Waals surface area contributed by atoms with Gasteiger partial charge < -0.3 is 28.8 Å². The van der Waals surface area contributed by atoms with Crippen LogP contribution in [0.15, 0.2) is 11.6 Å². The van der Waals surface area contributed by atoms with Crippen molar-refractivity contribution < 1.29 is 48.0 Å². The number of aliphatic hydroxyl groups is 1. The smallest absolute Gasteiger partial charge is 0.331 e. The molecule has 7 unspecified atom stereocenters. The molecular weight excluding hydrogens is 472 g/mol. The highest BCUT2D eigenvalue weighted by molar-refractivity contribution is 5.85. The van der Waals surface area contributed by atoms with E-state index in [1.165, 1.54) is 26.8 Å². The van der Waals surface area contributed by atoms with E-state index in [1.54, 1.807) is 6.92 Å². The number of carbonyl (C=O) groups excluding carboxylic acids is 4. The van der Waals surface area contributed by atoms with E-state index < -0.39 is 64.0 Å². The lowest BCUT2D eigenvalue weighted by Crippen LogP contribution is -2.74. The average molecular weight is 509 g/mol. The fourth-order valence-corrected chi connectivity index (χ4v) is 7.20. The number of rotatable bonds is 7. The Balaban J connectivity index is 1.87. The molecule has 3 fully saturated rings. The van der Waals surface area contributed by atoms with E-state index in [9.17, 15) is 24.3 Å². The summed E-state index contributed by atoms with van der Waals surface area (Å²) in [4.78, 5) is 48.3. The standard InChI is InChI=1S/C26H36O10/c1-15(27)33-14-26-19(7-6-8-25(26)13-34-25)24(5,23(4,31)11-21(26)36-17(3)29)20(35-16(2)28)9-18-10-22(30)32-12-18/h10,19-21,31H,6-9,11-14H2,1-5H3. The highest BCUT2D eigenvalue weighted by Gasteiger charge is 2.78. The van der Waals surface area contributed by atoms with Gasteiger partial charge in [0.2, 0.25) is 0 Å². The fraction of sp³-hybridized carbons (Fsp3) is 0.769. The van der Waals surface area contributed by atoms with Crippen LogP contribution in [0.25, 0.3) is 0 Å². The van der Waals surface area contributed by atoms with Crippen LogP contribution in [0.3, 0.4) is 0 Å². The lowest BCUT2D eigenvalue weighted by molar-refractivity contribution is -0.288. The molecule has 200 valence electrons. The Bertz CT molecular complexity index is 979. The first-order valence-electron chi connectivity index (χ1n) is 12.5. The molecular formula is C26H36O10. The molecule has 2 heterocycles. The fourth-order valence-electron chi connectivity index (χ4n) is 7.20. The van der Waals surface area contributed by atoms with E-state index in [2.05, 4.69) is 0 Å². The molecule has 0 aromatic carbocycles. The van der Waals surface area contributed by atoms with Gasteiger partial charge in [-0.3, -0.25) is 14.4 Å². The number of cyclic esters (lactones) is 1. The quantitative estimate of drug-likeness (QED) is 0.309. The summed E-state index contributed by atoms with van der Waals surface area (Å²) in [6.07, 6.45) is 2.02. The first kappa shape index (κ1) is 26.6. The van der Waals surface area contributed by atoms with Crippen molar-refractivity contribution in [3.63, 3.8) is 0 Å². The summed E-state index contributed by atoms with van der Waals surface area (Å²) in [5.74, 6) is -2.40. The van der Waals surface area contributed by atoms with Crippen LogP contribution in [0, 0.1) is 16.7 Å². The number of hydrogen-bond acceptors (Lipinski definition) is 10. The van der Waals surface area contributed by atoms with Crippen molar-refractivity contribution in [1.29, 1.82) is 0 Å². The lowest BCUT2D eigenvalue weighted by atomic mass is 9.41. The monoisotopic (exact) mass is 508 g/mol. The minimum Gasteiger partial charge on any atom is -0.465 e. The molecule has 0 aromatic heterocycles. The second-order valence-corrected chi connectivity index (χ2v) is 11.1. The van der Waals surface area contributed by atoms with E-state index in [0.717, 1.165) is 6.42 Å². The summed E-state index contributed by atoms with van der Waals surface area (Å²) < 4.78 is 28.5. The summed E-state index contributed by atoms with van der Waals surface area (Å²) in [5, 5.41) is 12.1. The Labute approximate surface area is 210 Å². The number of epoxide rings is 1. The number of hydrogen-bond donors (Lipinski definition) is 1. The average Bonchev–Trinajstić information content (AvgIpc) is 3.42. The van der Waals surface area contributed by atoms with Crippen molar-refractivity contribution in [1.82, 2.24) is 0 Å². The lowest BCUT2D eigenvalue weighted by Gasteiger charge is -2.66. The van der Waals surface area contributed by atoms with Gasteiger partial charge in [-0.15, -0.1) is 0 Å². The third-order valence-electron chi connectivity index (χ3n) is 9.05. The summed E-state index contributed by atoms with van der Waals surface area (Å²) >= 11 is 0. The number of fused-ring (bicyclic) bond motifs is 2. The maximum Gasteiger partial charge on any atom is 0.331 e. The van der Waals surface area contributed by atoms with Crippen molar-refractivity contribution >= 4 is 23.9 Å². The van der Waals surface area contributed by atoms with Gasteiger partial charge >= 0.3 is 23.9 Å². The van der Waals surface area contributed by atoms with Gasteiger partial charge in [0.1, 0.15) is 31.0 Å². The molecule has 0 radical (unpaired) electrons. The number of carbonyl (C=O) groups is 4. The molecule has 10 heteroatoms.